The maximum atomic E-state index is 5.79. The van der Waals surface area contributed by atoms with Crippen molar-refractivity contribution >= 4 is 17.2 Å². The Labute approximate surface area is 122 Å². The fraction of sp³-hybridized carbons (Fsp3) is 0.562. The van der Waals surface area contributed by atoms with E-state index in [1.807, 2.05) is 19.9 Å². The summed E-state index contributed by atoms with van der Waals surface area (Å²) in [4.78, 5) is 0.544. The number of nitrogens with two attached hydrogens (primary N) is 1. The van der Waals surface area contributed by atoms with E-state index in [9.17, 15) is 0 Å². The van der Waals surface area contributed by atoms with Crippen molar-refractivity contribution in [2.24, 2.45) is 11.1 Å². The molecule has 2 nitrogen and oxygen atoms in total. The maximum Gasteiger partial charge on any atom is 0.119 e. The molecule has 0 atom stereocenters. The Morgan fingerprint density at radius 1 is 1.37 bits per heavy atom. The van der Waals surface area contributed by atoms with Crippen molar-refractivity contribution < 1.29 is 4.74 Å². The van der Waals surface area contributed by atoms with Crippen LogP contribution in [-0.2, 0) is 0 Å². The summed E-state index contributed by atoms with van der Waals surface area (Å²) in [7, 11) is 0. The summed E-state index contributed by atoms with van der Waals surface area (Å²) in [5.74, 6) is 1.46. The minimum Gasteiger partial charge on any atom is -0.494 e. The molecule has 0 saturated heterocycles. The van der Waals surface area contributed by atoms with E-state index in [0.717, 1.165) is 12.2 Å². The van der Waals surface area contributed by atoms with Gasteiger partial charge >= 0.3 is 0 Å². The van der Waals surface area contributed by atoms with E-state index in [1.54, 1.807) is 0 Å². The Morgan fingerprint density at radius 3 is 2.47 bits per heavy atom. The molecule has 19 heavy (non-hydrogen) atoms. The van der Waals surface area contributed by atoms with Crippen LogP contribution in [0.15, 0.2) is 18.2 Å². The summed E-state index contributed by atoms with van der Waals surface area (Å²) >= 11 is 5.05. The lowest BCUT2D eigenvalue weighted by molar-refractivity contribution is 0.270. The van der Waals surface area contributed by atoms with E-state index in [-0.39, 0.29) is 5.41 Å². The SMILES string of the molecule is Cc1cc(OCCC(C)(C)C(N)=S)ccc1C(C)C. The van der Waals surface area contributed by atoms with Crippen LogP contribution in [0, 0.1) is 12.3 Å². The van der Waals surface area contributed by atoms with Crippen LogP contribution in [0.25, 0.3) is 0 Å². The molecule has 0 amide bonds. The van der Waals surface area contributed by atoms with Crippen LogP contribution in [0.3, 0.4) is 0 Å². The molecule has 0 heterocycles. The molecule has 3 heteroatoms. The van der Waals surface area contributed by atoms with Gasteiger partial charge < -0.3 is 10.5 Å². The molecule has 2 N–H and O–H groups in total. The first kappa shape index (κ1) is 16.0. The highest BCUT2D eigenvalue weighted by atomic mass is 32.1. The van der Waals surface area contributed by atoms with Crippen molar-refractivity contribution in [1.29, 1.82) is 0 Å². The lowest BCUT2D eigenvalue weighted by atomic mass is 9.90. The number of hydrogen-bond acceptors (Lipinski definition) is 2. The minimum absolute atomic E-state index is 0.151. The van der Waals surface area contributed by atoms with Crippen molar-refractivity contribution in [3.8, 4) is 5.75 Å². The number of thiocarbonyl (C=S) groups is 1. The molecule has 0 aliphatic heterocycles. The topological polar surface area (TPSA) is 35.2 Å². The molecule has 1 rings (SSSR count). The number of rotatable bonds is 6. The molecule has 0 radical (unpaired) electrons. The van der Waals surface area contributed by atoms with Gasteiger partial charge in [0, 0.05) is 5.41 Å². The summed E-state index contributed by atoms with van der Waals surface area (Å²) in [5, 5.41) is 0. The van der Waals surface area contributed by atoms with Crippen LogP contribution in [0.5, 0.6) is 5.75 Å². The number of hydrogen-bond donors (Lipinski definition) is 1. The molecule has 0 spiro atoms. The lowest BCUT2D eigenvalue weighted by Gasteiger charge is -2.23. The van der Waals surface area contributed by atoms with Gasteiger partial charge in [-0.15, -0.1) is 0 Å². The summed E-state index contributed by atoms with van der Waals surface area (Å²) < 4.78 is 5.79. The molecule has 0 aliphatic rings. The highest BCUT2D eigenvalue weighted by Gasteiger charge is 2.21. The number of ether oxygens (including phenoxy) is 1. The molecular formula is C16H25NOS. The second kappa shape index (κ2) is 6.38. The standard InChI is InChI=1S/C16H25NOS/c1-11(2)14-7-6-13(10-12(14)3)18-9-8-16(4,5)15(17)19/h6-7,10-11H,8-9H2,1-5H3,(H2,17,19). The third-order valence-electron chi connectivity index (χ3n) is 3.53. The first-order valence-electron chi connectivity index (χ1n) is 6.77. The number of aryl methyl sites for hydroxylation is 1. The molecule has 0 aliphatic carbocycles. The lowest BCUT2D eigenvalue weighted by Crippen LogP contribution is -2.31. The first-order chi connectivity index (χ1) is 8.74. The van der Waals surface area contributed by atoms with Crippen molar-refractivity contribution in [1.82, 2.24) is 0 Å². The monoisotopic (exact) mass is 279 g/mol. The summed E-state index contributed by atoms with van der Waals surface area (Å²) in [6, 6.07) is 6.28. The van der Waals surface area contributed by atoms with E-state index in [1.165, 1.54) is 11.1 Å². The average Bonchev–Trinajstić information content (AvgIpc) is 2.28. The van der Waals surface area contributed by atoms with E-state index < -0.39 is 0 Å². The van der Waals surface area contributed by atoms with Gasteiger partial charge in [-0.05, 0) is 42.5 Å². The molecule has 1 aromatic carbocycles. The van der Waals surface area contributed by atoms with Gasteiger partial charge in [0.1, 0.15) is 5.75 Å². The second-order valence-electron chi connectivity index (χ2n) is 6.02. The van der Waals surface area contributed by atoms with Crippen LogP contribution >= 0.6 is 12.2 Å². The third-order valence-corrected chi connectivity index (χ3v) is 4.08. The summed E-state index contributed by atoms with van der Waals surface area (Å²) in [6.07, 6.45) is 0.827. The minimum atomic E-state index is -0.151. The van der Waals surface area contributed by atoms with Crippen LogP contribution in [-0.4, -0.2) is 11.6 Å². The van der Waals surface area contributed by atoms with Crippen LogP contribution < -0.4 is 10.5 Å². The van der Waals surface area contributed by atoms with Crippen molar-refractivity contribution in [2.75, 3.05) is 6.61 Å². The van der Waals surface area contributed by atoms with E-state index in [0.29, 0.717) is 17.5 Å². The fourth-order valence-corrected chi connectivity index (χ4v) is 2.04. The molecule has 0 unspecified atom stereocenters. The zero-order chi connectivity index (χ0) is 14.6. The zero-order valence-electron chi connectivity index (χ0n) is 12.6. The van der Waals surface area contributed by atoms with Crippen LogP contribution in [0.2, 0.25) is 0 Å². The quantitative estimate of drug-likeness (QED) is 0.793. The highest BCUT2D eigenvalue weighted by Crippen LogP contribution is 2.25. The Kier molecular flexibility index (Phi) is 5.36. The van der Waals surface area contributed by atoms with E-state index in [2.05, 4.69) is 32.9 Å². The van der Waals surface area contributed by atoms with Crippen molar-refractivity contribution in [2.45, 2.75) is 47.0 Å². The molecule has 0 aromatic heterocycles. The van der Waals surface area contributed by atoms with Gasteiger partial charge in [0.15, 0.2) is 0 Å². The van der Waals surface area contributed by atoms with Crippen LogP contribution in [0.4, 0.5) is 0 Å². The Bertz CT molecular complexity index is 452. The van der Waals surface area contributed by atoms with Crippen molar-refractivity contribution in [3.63, 3.8) is 0 Å². The largest absolute Gasteiger partial charge is 0.494 e. The van der Waals surface area contributed by atoms with Gasteiger partial charge in [-0.2, -0.15) is 0 Å². The smallest absolute Gasteiger partial charge is 0.119 e. The first-order valence-corrected chi connectivity index (χ1v) is 7.18. The average molecular weight is 279 g/mol. The van der Waals surface area contributed by atoms with Gasteiger partial charge in [0.2, 0.25) is 0 Å². The van der Waals surface area contributed by atoms with Gasteiger partial charge in [-0.1, -0.05) is 46.0 Å². The van der Waals surface area contributed by atoms with Crippen LogP contribution in [0.1, 0.15) is 51.2 Å². The molecule has 0 bridgehead atoms. The van der Waals surface area contributed by atoms with Gasteiger partial charge in [0.05, 0.1) is 11.6 Å². The predicted molar refractivity (Wildman–Crippen MR) is 85.9 cm³/mol. The fourth-order valence-electron chi connectivity index (χ4n) is 1.93. The molecule has 106 valence electrons. The highest BCUT2D eigenvalue weighted by molar-refractivity contribution is 7.80. The maximum absolute atomic E-state index is 5.79. The summed E-state index contributed by atoms with van der Waals surface area (Å²) in [5.41, 5.74) is 8.20. The molecule has 0 fully saturated rings. The van der Waals surface area contributed by atoms with E-state index in [4.69, 9.17) is 22.7 Å². The zero-order valence-corrected chi connectivity index (χ0v) is 13.4. The third kappa shape index (κ3) is 4.50. The van der Waals surface area contributed by atoms with Gasteiger partial charge in [0.25, 0.3) is 0 Å². The normalized spacial score (nSPS) is 11.7. The van der Waals surface area contributed by atoms with Crippen molar-refractivity contribution in [3.05, 3.63) is 29.3 Å². The van der Waals surface area contributed by atoms with E-state index >= 15 is 0 Å². The van der Waals surface area contributed by atoms with Gasteiger partial charge in [-0.25, -0.2) is 0 Å². The second-order valence-corrected chi connectivity index (χ2v) is 6.46. The Balaban J connectivity index is 2.60. The van der Waals surface area contributed by atoms with Gasteiger partial charge in [-0.3, -0.25) is 0 Å². The molecule has 1 aromatic rings. The Hall–Kier alpha value is -1.09. The predicted octanol–water partition coefficient (Wildman–Crippen LogP) is 4.20. The Morgan fingerprint density at radius 2 is 2.00 bits per heavy atom. The molecular weight excluding hydrogens is 254 g/mol. The number of benzene rings is 1. The molecule has 0 saturated carbocycles. The summed E-state index contributed by atoms with van der Waals surface area (Å²) in [6.45, 7) is 11.3.